The number of aryl methyl sites for hydroxylation is 1. The largest absolute Gasteiger partial charge is 0.497 e. The first-order valence-electron chi connectivity index (χ1n) is 15.5. The van der Waals surface area contributed by atoms with E-state index in [-0.39, 0.29) is 24.0 Å². The van der Waals surface area contributed by atoms with E-state index in [2.05, 4.69) is 27.4 Å². The zero-order chi connectivity index (χ0) is 30.2. The van der Waals surface area contributed by atoms with Crippen LogP contribution < -0.4 is 20.7 Å². The molecule has 10 nitrogen and oxygen atoms in total. The van der Waals surface area contributed by atoms with Crippen LogP contribution in [0, 0.1) is 6.92 Å². The molecule has 0 unspecified atom stereocenters. The average Bonchev–Trinajstić information content (AvgIpc) is 3.48. The van der Waals surface area contributed by atoms with Gasteiger partial charge in [0, 0.05) is 49.5 Å². The van der Waals surface area contributed by atoms with E-state index >= 15 is 0 Å². The second kappa shape index (κ2) is 14.4. The summed E-state index contributed by atoms with van der Waals surface area (Å²) in [5.41, 5.74) is 4.37. The number of hydrogen-bond donors (Lipinski definition) is 3. The predicted octanol–water partition coefficient (Wildman–Crippen LogP) is 5.01. The number of carbonyl (C=O) groups is 2. The van der Waals surface area contributed by atoms with Gasteiger partial charge in [0.25, 0.3) is 5.91 Å². The second-order valence-corrected chi connectivity index (χ2v) is 11.3. The Morgan fingerprint density at radius 2 is 1.93 bits per heavy atom. The van der Waals surface area contributed by atoms with E-state index in [4.69, 9.17) is 14.5 Å². The maximum atomic E-state index is 14.3. The molecule has 1 aromatic heterocycles. The summed E-state index contributed by atoms with van der Waals surface area (Å²) in [6.45, 7) is 6.98. The number of ether oxygens (including phenoxy) is 2. The molecule has 1 aliphatic heterocycles. The minimum Gasteiger partial charge on any atom is -0.497 e. The number of methoxy groups -OCH3 is 1. The number of anilines is 1. The molecule has 2 heterocycles. The molecule has 10 heteroatoms. The molecular weight excluding hydrogens is 544 g/mol. The zero-order valence-electron chi connectivity index (χ0n) is 25.5. The average molecular weight is 589 g/mol. The van der Waals surface area contributed by atoms with Crippen molar-refractivity contribution in [3.8, 4) is 17.0 Å². The Bertz CT molecular complexity index is 1380. The summed E-state index contributed by atoms with van der Waals surface area (Å²) in [4.78, 5) is 33.4. The van der Waals surface area contributed by atoms with Gasteiger partial charge in [-0.3, -0.25) is 4.79 Å². The Labute approximate surface area is 254 Å². The first-order valence-corrected chi connectivity index (χ1v) is 15.5. The third-order valence-electron chi connectivity index (χ3n) is 8.56. The summed E-state index contributed by atoms with van der Waals surface area (Å²) in [5, 5.41) is 10.1. The van der Waals surface area contributed by atoms with E-state index in [0.29, 0.717) is 25.4 Å². The number of nitrogens with zero attached hydrogens (tertiary/aromatic N) is 3. The fourth-order valence-corrected chi connectivity index (χ4v) is 6.30. The summed E-state index contributed by atoms with van der Waals surface area (Å²) >= 11 is 0. The fraction of sp³-hybridized carbons (Fsp3) is 0.485. The van der Waals surface area contributed by atoms with Crippen molar-refractivity contribution in [2.45, 2.75) is 64.1 Å². The minimum atomic E-state index is -0.404. The number of carbonyl (C=O) groups excluding carboxylic acids is 2. The highest BCUT2D eigenvalue weighted by molar-refractivity contribution is 5.98. The minimum absolute atomic E-state index is 0.0151. The molecule has 230 valence electrons. The molecule has 43 heavy (non-hydrogen) atoms. The van der Waals surface area contributed by atoms with Gasteiger partial charge in [-0.25, -0.2) is 9.78 Å². The number of alkyl carbamates (subject to hydrolysis) is 1. The van der Waals surface area contributed by atoms with Crippen molar-refractivity contribution < 1.29 is 19.1 Å². The van der Waals surface area contributed by atoms with Crippen LogP contribution in [0.1, 0.15) is 61.1 Å². The molecule has 2 fully saturated rings. The lowest BCUT2D eigenvalue weighted by Gasteiger charge is -2.36. The fourth-order valence-electron chi connectivity index (χ4n) is 6.30. The van der Waals surface area contributed by atoms with Gasteiger partial charge in [0.05, 0.1) is 37.8 Å². The molecule has 1 aliphatic carbocycles. The number of nitrogens with one attached hydrogen (secondary N) is 3. The van der Waals surface area contributed by atoms with E-state index in [1.807, 2.05) is 53.4 Å². The number of piperazine rings is 1. The van der Waals surface area contributed by atoms with Crippen molar-refractivity contribution in [2.75, 3.05) is 45.2 Å². The quantitative estimate of drug-likeness (QED) is 0.305. The van der Waals surface area contributed by atoms with E-state index < -0.39 is 6.09 Å². The molecule has 0 spiro atoms. The van der Waals surface area contributed by atoms with Gasteiger partial charge in [0.2, 0.25) is 0 Å². The molecule has 2 aliphatic rings. The molecule has 0 radical (unpaired) electrons. The molecule has 2 amide bonds. The van der Waals surface area contributed by atoms with Crippen LogP contribution >= 0.6 is 0 Å². The van der Waals surface area contributed by atoms with Gasteiger partial charge in [-0.05, 0) is 44.7 Å². The molecule has 5 rings (SSSR count). The molecule has 1 saturated heterocycles. The third-order valence-corrected chi connectivity index (χ3v) is 8.56. The molecule has 3 N–H and O–H groups in total. The van der Waals surface area contributed by atoms with Crippen molar-refractivity contribution in [1.29, 1.82) is 0 Å². The van der Waals surface area contributed by atoms with E-state index in [1.165, 1.54) is 0 Å². The van der Waals surface area contributed by atoms with Crippen molar-refractivity contribution in [3.63, 3.8) is 0 Å². The monoisotopic (exact) mass is 588 g/mol. The first kappa shape index (κ1) is 30.4. The lowest BCUT2D eigenvalue weighted by molar-refractivity contribution is 0.0624. The van der Waals surface area contributed by atoms with E-state index in [1.54, 1.807) is 20.4 Å². The number of aromatic nitrogens is 2. The van der Waals surface area contributed by atoms with Crippen molar-refractivity contribution >= 4 is 17.7 Å². The summed E-state index contributed by atoms with van der Waals surface area (Å²) in [5.74, 6) is 0.748. The molecule has 3 aromatic rings. The highest BCUT2D eigenvalue weighted by atomic mass is 16.5. The number of imidazole rings is 1. The number of benzene rings is 2. The van der Waals surface area contributed by atoms with Crippen molar-refractivity contribution in [1.82, 2.24) is 25.1 Å². The predicted molar refractivity (Wildman–Crippen MR) is 168 cm³/mol. The van der Waals surface area contributed by atoms with Gasteiger partial charge >= 0.3 is 6.09 Å². The summed E-state index contributed by atoms with van der Waals surface area (Å²) in [7, 11) is 1.67. The summed E-state index contributed by atoms with van der Waals surface area (Å²) < 4.78 is 12.7. The van der Waals surface area contributed by atoms with E-state index in [0.717, 1.165) is 73.5 Å². The standard InChI is InChI=1S/C33H44N6O4/c1-4-43-33(41)37-27-12-8-9-13-29(27)39-22-36-30(31(39)24-10-6-5-7-11-24)32(40)38-19-18-34-21-25(38)16-17-35-28-20-26(42-3)15-14-23(28)2/h5-7,10-11,14-15,20,22,25,27,29,34-35H,4,8-9,12-13,16-19,21H2,1-3H3,(H,37,41)/t25-,27+,29+/m1/s1. The summed E-state index contributed by atoms with van der Waals surface area (Å²) in [6.07, 6.45) is 5.96. The van der Waals surface area contributed by atoms with E-state index in [9.17, 15) is 9.59 Å². The van der Waals surface area contributed by atoms with Crippen LogP contribution in [0.2, 0.25) is 0 Å². The van der Waals surface area contributed by atoms with Gasteiger partial charge in [-0.1, -0.05) is 49.2 Å². The maximum Gasteiger partial charge on any atom is 0.407 e. The van der Waals surface area contributed by atoms with Crippen LogP contribution in [0.5, 0.6) is 5.75 Å². The molecule has 1 saturated carbocycles. The van der Waals surface area contributed by atoms with Gasteiger partial charge in [-0.15, -0.1) is 0 Å². The Balaban J connectivity index is 1.39. The topological polar surface area (TPSA) is 110 Å². The third kappa shape index (κ3) is 7.13. The van der Waals surface area contributed by atoms with Crippen LogP contribution in [0.4, 0.5) is 10.5 Å². The van der Waals surface area contributed by atoms with Gasteiger partial charge in [-0.2, -0.15) is 0 Å². The highest BCUT2D eigenvalue weighted by Gasteiger charge is 2.35. The molecule has 0 bridgehead atoms. The Morgan fingerprint density at radius 3 is 2.72 bits per heavy atom. The number of rotatable bonds is 10. The number of amides is 2. The normalized spacial score (nSPS) is 20.3. The Hall–Kier alpha value is -4.05. The smallest absolute Gasteiger partial charge is 0.407 e. The van der Waals surface area contributed by atoms with Crippen molar-refractivity contribution in [2.24, 2.45) is 0 Å². The SMILES string of the molecule is CCOC(=O)N[C@H]1CCCC[C@@H]1n1cnc(C(=O)N2CCNC[C@H]2CCNc2cc(OC)ccc2C)c1-c1ccccc1. The van der Waals surface area contributed by atoms with Crippen molar-refractivity contribution in [3.05, 3.63) is 66.1 Å². The van der Waals surface area contributed by atoms with Crippen LogP contribution in [-0.4, -0.2) is 78.4 Å². The zero-order valence-corrected chi connectivity index (χ0v) is 25.5. The molecular formula is C33H44N6O4. The van der Waals surface area contributed by atoms with Gasteiger partial charge < -0.3 is 34.9 Å². The summed E-state index contributed by atoms with van der Waals surface area (Å²) in [6, 6.07) is 15.9. The van der Waals surface area contributed by atoms with Crippen LogP contribution in [-0.2, 0) is 4.74 Å². The molecule has 2 aromatic carbocycles. The first-order chi connectivity index (χ1) is 21.0. The van der Waals surface area contributed by atoms with Gasteiger partial charge in [0.15, 0.2) is 5.69 Å². The van der Waals surface area contributed by atoms with Crippen LogP contribution in [0.25, 0.3) is 11.3 Å². The second-order valence-electron chi connectivity index (χ2n) is 11.3. The Kier molecular flexibility index (Phi) is 10.2. The lowest BCUT2D eigenvalue weighted by Crippen LogP contribution is -2.54. The molecule has 3 atom stereocenters. The van der Waals surface area contributed by atoms with Gasteiger partial charge in [0.1, 0.15) is 5.75 Å². The lowest BCUT2D eigenvalue weighted by atomic mass is 9.89. The van der Waals surface area contributed by atoms with Crippen LogP contribution in [0.15, 0.2) is 54.9 Å². The highest BCUT2D eigenvalue weighted by Crippen LogP contribution is 2.35. The number of hydrogen-bond acceptors (Lipinski definition) is 7. The van der Waals surface area contributed by atoms with Crippen LogP contribution in [0.3, 0.4) is 0 Å². The maximum absolute atomic E-state index is 14.3. The Morgan fingerprint density at radius 1 is 1.12 bits per heavy atom.